The first-order valence-electron chi connectivity index (χ1n) is 12.8. The second-order valence-electron chi connectivity index (χ2n) is 10.5. The number of carbonyl (C=O) groups is 2. The van der Waals surface area contributed by atoms with Gasteiger partial charge in [-0.2, -0.15) is 13.2 Å². The SMILES string of the molecule is CC(C)(C)OC(=O)c1ccc(NC(=O)C(Cc2ccccn2)n2ccc(-c3cc(Cl)ccc3C(F)(F)F)cc2=O)cc1. The van der Waals surface area contributed by atoms with Crippen LogP contribution in [0.5, 0.6) is 0 Å². The number of amides is 1. The standard InChI is InChI=1S/C31H27ClF3N3O4/c1-30(2,3)42-29(41)19-7-10-22(11-8-19)37-28(40)26(18-23-6-4-5-14-36-23)38-15-13-20(16-27(38)39)24-17-21(32)9-12-25(24)31(33,34)35/h4-17,26H,18H2,1-3H3,(H,37,40). The van der Waals surface area contributed by atoms with Crippen LogP contribution >= 0.6 is 11.6 Å². The zero-order chi connectivity index (χ0) is 30.7. The molecule has 0 saturated carbocycles. The Labute approximate surface area is 244 Å². The number of nitrogens with zero attached hydrogens (tertiary/aromatic N) is 2. The average molecular weight is 598 g/mol. The molecule has 1 amide bonds. The van der Waals surface area contributed by atoms with Crippen LogP contribution in [-0.4, -0.2) is 27.0 Å². The molecule has 11 heteroatoms. The van der Waals surface area contributed by atoms with Crippen molar-refractivity contribution in [1.82, 2.24) is 9.55 Å². The molecule has 42 heavy (non-hydrogen) atoms. The Morgan fingerprint density at radius 1 is 1.00 bits per heavy atom. The third-order valence-electron chi connectivity index (χ3n) is 6.10. The van der Waals surface area contributed by atoms with Gasteiger partial charge < -0.3 is 14.6 Å². The molecule has 2 heterocycles. The van der Waals surface area contributed by atoms with Gasteiger partial charge in [0.2, 0.25) is 5.91 Å². The largest absolute Gasteiger partial charge is 0.456 e. The number of rotatable bonds is 7. The topological polar surface area (TPSA) is 90.3 Å². The summed E-state index contributed by atoms with van der Waals surface area (Å²) in [7, 11) is 0. The van der Waals surface area contributed by atoms with E-state index in [-0.39, 0.29) is 22.6 Å². The van der Waals surface area contributed by atoms with Crippen molar-refractivity contribution in [2.24, 2.45) is 0 Å². The lowest BCUT2D eigenvalue weighted by molar-refractivity contribution is -0.137. The second kappa shape index (κ2) is 12.2. The summed E-state index contributed by atoms with van der Waals surface area (Å²) in [5, 5.41) is 2.82. The molecular formula is C31H27ClF3N3O4. The first-order valence-corrected chi connectivity index (χ1v) is 13.2. The molecule has 4 rings (SSSR count). The summed E-state index contributed by atoms with van der Waals surface area (Å²) in [6, 6.07) is 15.6. The summed E-state index contributed by atoms with van der Waals surface area (Å²) in [5.41, 5.74) is -1.40. The number of pyridine rings is 2. The molecule has 1 unspecified atom stereocenters. The molecular weight excluding hydrogens is 571 g/mol. The molecule has 2 aromatic heterocycles. The fraction of sp³-hybridized carbons (Fsp3) is 0.226. The Kier molecular flexibility index (Phi) is 8.86. The predicted octanol–water partition coefficient (Wildman–Crippen LogP) is 6.96. The molecule has 1 atom stereocenters. The van der Waals surface area contributed by atoms with E-state index in [1.165, 1.54) is 36.5 Å². The van der Waals surface area contributed by atoms with Crippen LogP contribution < -0.4 is 10.9 Å². The summed E-state index contributed by atoms with van der Waals surface area (Å²) < 4.78 is 47.5. The van der Waals surface area contributed by atoms with E-state index in [1.807, 2.05) is 0 Å². The van der Waals surface area contributed by atoms with Crippen LogP contribution in [0.25, 0.3) is 11.1 Å². The van der Waals surface area contributed by atoms with Crippen molar-refractivity contribution >= 4 is 29.2 Å². The fourth-order valence-corrected chi connectivity index (χ4v) is 4.38. The van der Waals surface area contributed by atoms with Crippen molar-refractivity contribution in [2.75, 3.05) is 5.32 Å². The van der Waals surface area contributed by atoms with Crippen LogP contribution in [0.3, 0.4) is 0 Å². The normalized spacial score (nSPS) is 12.5. The maximum Gasteiger partial charge on any atom is 0.417 e. The highest BCUT2D eigenvalue weighted by molar-refractivity contribution is 6.30. The maximum absolute atomic E-state index is 13.7. The Bertz CT molecular complexity index is 1650. The number of benzene rings is 2. The third kappa shape index (κ3) is 7.64. The lowest BCUT2D eigenvalue weighted by Gasteiger charge is -2.21. The summed E-state index contributed by atoms with van der Waals surface area (Å²) in [6.07, 6.45) is -1.83. The molecule has 0 aliphatic heterocycles. The highest BCUT2D eigenvalue weighted by Crippen LogP contribution is 2.38. The van der Waals surface area contributed by atoms with Crippen LogP contribution in [0.15, 0.2) is 90.0 Å². The van der Waals surface area contributed by atoms with Crippen molar-refractivity contribution < 1.29 is 27.5 Å². The first kappa shape index (κ1) is 30.5. The van der Waals surface area contributed by atoms with Crippen molar-refractivity contribution in [3.8, 4) is 11.1 Å². The van der Waals surface area contributed by atoms with Gasteiger partial charge >= 0.3 is 12.1 Å². The predicted molar refractivity (Wildman–Crippen MR) is 153 cm³/mol. The van der Waals surface area contributed by atoms with Crippen LogP contribution in [0.1, 0.15) is 48.4 Å². The van der Waals surface area contributed by atoms with Gasteiger partial charge in [0.1, 0.15) is 11.6 Å². The van der Waals surface area contributed by atoms with E-state index in [1.54, 1.807) is 45.2 Å². The fourth-order valence-electron chi connectivity index (χ4n) is 4.20. The van der Waals surface area contributed by atoms with Crippen molar-refractivity contribution in [3.05, 3.63) is 117 Å². The van der Waals surface area contributed by atoms with E-state index in [2.05, 4.69) is 10.3 Å². The molecule has 2 aromatic carbocycles. The molecule has 0 aliphatic rings. The van der Waals surface area contributed by atoms with E-state index in [0.29, 0.717) is 16.9 Å². The highest BCUT2D eigenvalue weighted by atomic mass is 35.5. The Balaban J connectivity index is 1.66. The quantitative estimate of drug-likeness (QED) is 0.233. The number of nitrogens with one attached hydrogen (secondary N) is 1. The van der Waals surface area contributed by atoms with Gasteiger partial charge in [0, 0.05) is 41.3 Å². The van der Waals surface area contributed by atoms with Gasteiger partial charge in [-0.3, -0.25) is 14.6 Å². The Morgan fingerprint density at radius 3 is 2.31 bits per heavy atom. The third-order valence-corrected chi connectivity index (χ3v) is 6.34. The van der Waals surface area contributed by atoms with Gasteiger partial charge in [-0.1, -0.05) is 17.7 Å². The lowest BCUT2D eigenvalue weighted by atomic mass is 10.00. The van der Waals surface area contributed by atoms with Gasteiger partial charge in [0.25, 0.3) is 5.56 Å². The number of esters is 1. The molecule has 0 bridgehead atoms. The summed E-state index contributed by atoms with van der Waals surface area (Å²) in [5.74, 6) is -1.09. The zero-order valence-electron chi connectivity index (χ0n) is 22.9. The number of ether oxygens (including phenoxy) is 1. The lowest BCUT2D eigenvalue weighted by Crippen LogP contribution is -2.34. The molecule has 0 fully saturated rings. The molecule has 0 aliphatic carbocycles. The van der Waals surface area contributed by atoms with E-state index in [9.17, 15) is 27.6 Å². The molecule has 7 nitrogen and oxygen atoms in total. The molecule has 4 aromatic rings. The number of hydrogen-bond donors (Lipinski definition) is 1. The van der Waals surface area contributed by atoms with Crippen molar-refractivity contribution in [3.63, 3.8) is 0 Å². The first-order chi connectivity index (χ1) is 19.7. The Hall–Kier alpha value is -4.44. The molecule has 0 radical (unpaired) electrons. The summed E-state index contributed by atoms with van der Waals surface area (Å²) >= 11 is 5.97. The maximum atomic E-state index is 13.7. The highest BCUT2D eigenvalue weighted by Gasteiger charge is 2.34. The van der Waals surface area contributed by atoms with Crippen molar-refractivity contribution in [2.45, 2.75) is 45.0 Å². The van der Waals surface area contributed by atoms with E-state index in [0.717, 1.165) is 28.8 Å². The zero-order valence-corrected chi connectivity index (χ0v) is 23.7. The number of alkyl halides is 3. The molecule has 0 saturated heterocycles. The van der Waals surface area contributed by atoms with Gasteiger partial charge in [-0.25, -0.2) is 4.79 Å². The van der Waals surface area contributed by atoms with Crippen LogP contribution in [0.2, 0.25) is 5.02 Å². The van der Waals surface area contributed by atoms with Gasteiger partial charge in [-0.05, 0) is 92.6 Å². The summed E-state index contributed by atoms with van der Waals surface area (Å²) in [6.45, 7) is 5.25. The number of carbonyl (C=O) groups excluding carboxylic acids is 2. The Morgan fingerprint density at radius 2 is 1.71 bits per heavy atom. The van der Waals surface area contributed by atoms with Crippen molar-refractivity contribution in [1.29, 1.82) is 0 Å². The van der Waals surface area contributed by atoms with Crippen LogP contribution in [0.4, 0.5) is 18.9 Å². The molecule has 218 valence electrons. The monoisotopic (exact) mass is 597 g/mol. The average Bonchev–Trinajstić information content (AvgIpc) is 2.91. The number of anilines is 1. The van der Waals surface area contributed by atoms with Gasteiger partial charge in [0.15, 0.2) is 0 Å². The number of halogens is 4. The minimum atomic E-state index is -4.67. The molecule has 1 N–H and O–H groups in total. The molecule has 0 spiro atoms. The second-order valence-corrected chi connectivity index (χ2v) is 10.9. The van der Waals surface area contributed by atoms with Crippen LogP contribution in [0, 0.1) is 0 Å². The smallest absolute Gasteiger partial charge is 0.417 e. The van der Waals surface area contributed by atoms with E-state index < -0.39 is 40.8 Å². The summed E-state index contributed by atoms with van der Waals surface area (Å²) in [4.78, 5) is 43.4. The number of hydrogen-bond acceptors (Lipinski definition) is 5. The van der Waals surface area contributed by atoms with Crippen LogP contribution in [-0.2, 0) is 22.1 Å². The minimum absolute atomic E-state index is 0.000742. The minimum Gasteiger partial charge on any atom is -0.456 e. The van der Waals surface area contributed by atoms with E-state index in [4.69, 9.17) is 16.3 Å². The van der Waals surface area contributed by atoms with Gasteiger partial charge in [-0.15, -0.1) is 0 Å². The van der Waals surface area contributed by atoms with Gasteiger partial charge in [0.05, 0.1) is 11.1 Å². The number of aromatic nitrogens is 2. The van der Waals surface area contributed by atoms with E-state index >= 15 is 0 Å².